The Labute approximate surface area is 112 Å². The van der Waals surface area contributed by atoms with Gasteiger partial charge in [-0.15, -0.1) is 0 Å². The lowest BCUT2D eigenvalue weighted by atomic mass is 9.89. The third-order valence-corrected chi connectivity index (χ3v) is 3.53. The zero-order valence-electron chi connectivity index (χ0n) is 10.7. The molecule has 0 amide bonds. The van der Waals surface area contributed by atoms with Crippen LogP contribution in [0.3, 0.4) is 0 Å². The molecule has 3 nitrogen and oxygen atoms in total. The van der Waals surface area contributed by atoms with Gasteiger partial charge in [-0.2, -0.15) is 0 Å². The lowest BCUT2D eigenvalue weighted by Crippen LogP contribution is -2.09. The zero-order valence-corrected chi connectivity index (χ0v) is 10.7. The molecular formula is C16H17NO2. The summed E-state index contributed by atoms with van der Waals surface area (Å²) < 4.78 is 5.77. The van der Waals surface area contributed by atoms with Crippen LogP contribution in [-0.4, -0.2) is 10.1 Å². The number of aryl methyl sites for hydroxylation is 1. The van der Waals surface area contributed by atoms with Gasteiger partial charge in [0.2, 0.25) is 0 Å². The molecule has 0 spiro atoms. The van der Waals surface area contributed by atoms with E-state index in [4.69, 9.17) is 4.74 Å². The molecule has 1 aliphatic rings. The molecule has 1 heterocycles. The van der Waals surface area contributed by atoms with E-state index >= 15 is 0 Å². The molecule has 0 fully saturated rings. The average molecular weight is 255 g/mol. The minimum Gasteiger partial charge on any atom is -0.489 e. The normalized spacial score (nSPS) is 17.8. The monoisotopic (exact) mass is 255 g/mol. The highest BCUT2D eigenvalue weighted by atomic mass is 16.5. The number of aliphatic hydroxyl groups excluding tert-OH is 1. The maximum Gasteiger partial charge on any atom is 0.120 e. The highest BCUT2D eigenvalue weighted by Crippen LogP contribution is 2.32. The number of aliphatic hydroxyl groups is 1. The van der Waals surface area contributed by atoms with Crippen molar-refractivity contribution in [2.75, 3.05) is 0 Å². The second-order valence-electron chi connectivity index (χ2n) is 4.92. The molecule has 0 saturated heterocycles. The fourth-order valence-corrected chi connectivity index (χ4v) is 2.51. The average Bonchev–Trinajstić information content (AvgIpc) is 2.46. The molecule has 0 aliphatic heterocycles. The van der Waals surface area contributed by atoms with Crippen molar-refractivity contribution in [1.29, 1.82) is 0 Å². The molecule has 1 aliphatic carbocycles. The lowest BCUT2D eigenvalue weighted by molar-refractivity contribution is 0.156. The smallest absolute Gasteiger partial charge is 0.120 e. The predicted molar refractivity (Wildman–Crippen MR) is 72.9 cm³/mol. The van der Waals surface area contributed by atoms with Crippen molar-refractivity contribution < 1.29 is 9.84 Å². The van der Waals surface area contributed by atoms with Gasteiger partial charge in [0.1, 0.15) is 12.4 Å². The van der Waals surface area contributed by atoms with E-state index in [9.17, 15) is 5.11 Å². The molecule has 1 N–H and O–H groups in total. The van der Waals surface area contributed by atoms with Crippen LogP contribution in [0.25, 0.3) is 0 Å². The van der Waals surface area contributed by atoms with Crippen LogP contribution in [0.1, 0.15) is 35.6 Å². The minimum atomic E-state index is -0.309. The van der Waals surface area contributed by atoms with Gasteiger partial charge >= 0.3 is 0 Å². The van der Waals surface area contributed by atoms with Gasteiger partial charge in [-0.05, 0) is 48.6 Å². The number of pyridine rings is 1. The molecule has 0 bridgehead atoms. The van der Waals surface area contributed by atoms with Crippen molar-refractivity contribution in [1.82, 2.24) is 4.98 Å². The second kappa shape index (κ2) is 5.41. The molecule has 1 aromatic heterocycles. The highest BCUT2D eigenvalue weighted by Gasteiger charge is 2.17. The summed E-state index contributed by atoms with van der Waals surface area (Å²) in [6, 6.07) is 9.87. The van der Waals surface area contributed by atoms with E-state index in [1.165, 1.54) is 5.56 Å². The molecule has 2 aromatic rings. The maximum absolute atomic E-state index is 9.91. The Morgan fingerprint density at radius 2 is 2.26 bits per heavy atom. The zero-order chi connectivity index (χ0) is 13.1. The Morgan fingerprint density at radius 1 is 1.32 bits per heavy atom. The third kappa shape index (κ3) is 2.76. The summed E-state index contributed by atoms with van der Waals surface area (Å²) in [4.78, 5) is 4.06. The van der Waals surface area contributed by atoms with Crippen LogP contribution in [-0.2, 0) is 13.0 Å². The number of nitrogens with zero attached hydrogens (tertiary/aromatic N) is 1. The SMILES string of the molecule is OC1CCCc2cc(OCc3cccnc3)ccc21. The fraction of sp³-hybridized carbons (Fsp3) is 0.312. The van der Waals surface area contributed by atoms with Crippen LogP contribution in [0.4, 0.5) is 0 Å². The number of rotatable bonds is 3. The van der Waals surface area contributed by atoms with Gasteiger partial charge in [0.05, 0.1) is 6.10 Å². The van der Waals surface area contributed by atoms with Crippen LogP contribution >= 0.6 is 0 Å². The first-order valence-electron chi connectivity index (χ1n) is 6.65. The molecule has 1 aromatic carbocycles. The molecule has 1 unspecified atom stereocenters. The van der Waals surface area contributed by atoms with Crippen molar-refractivity contribution in [3.8, 4) is 5.75 Å². The van der Waals surface area contributed by atoms with Gasteiger partial charge in [0, 0.05) is 18.0 Å². The first kappa shape index (κ1) is 12.2. The fourth-order valence-electron chi connectivity index (χ4n) is 2.51. The summed E-state index contributed by atoms with van der Waals surface area (Å²) in [5, 5.41) is 9.91. The Balaban J connectivity index is 1.72. The molecule has 19 heavy (non-hydrogen) atoms. The van der Waals surface area contributed by atoms with Crippen molar-refractivity contribution >= 4 is 0 Å². The van der Waals surface area contributed by atoms with E-state index in [0.717, 1.165) is 36.1 Å². The quantitative estimate of drug-likeness (QED) is 0.916. The number of hydrogen-bond acceptors (Lipinski definition) is 3. The molecule has 98 valence electrons. The lowest BCUT2D eigenvalue weighted by Gasteiger charge is -2.21. The van der Waals surface area contributed by atoms with E-state index in [-0.39, 0.29) is 6.10 Å². The second-order valence-corrected chi connectivity index (χ2v) is 4.92. The molecular weight excluding hydrogens is 238 g/mol. The van der Waals surface area contributed by atoms with Crippen molar-refractivity contribution in [2.45, 2.75) is 32.0 Å². The van der Waals surface area contributed by atoms with Crippen LogP contribution in [0.15, 0.2) is 42.7 Å². The summed E-state index contributed by atoms with van der Waals surface area (Å²) in [6.07, 6.45) is 6.18. The maximum atomic E-state index is 9.91. The topological polar surface area (TPSA) is 42.4 Å². The number of aromatic nitrogens is 1. The number of fused-ring (bicyclic) bond motifs is 1. The van der Waals surface area contributed by atoms with E-state index < -0.39 is 0 Å². The number of hydrogen-bond donors (Lipinski definition) is 1. The number of benzene rings is 1. The summed E-state index contributed by atoms with van der Waals surface area (Å²) in [5.41, 5.74) is 3.32. The van der Waals surface area contributed by atoms with Crippen LogP contribution in [0.5, 0.6) is 5.75 Å². The van der Waals surface area contributed by atoms with E-state index in [1.54, 1.807) is 6.20 Å². The van der Waals surface area contributed by atoms with E-state index in [0.29, 0.717) is 6.61 Å². The highest BCUT2D eigenvalue weighted by molar-refractivity contribution is 5.38. The predicted octanol–water partition coefficient (Wildman–Crippen LogP) is 3.03. The van der Waals surface area contributed by atoms with E-state index in [2.05, 4.69) is 4.98 Å². The van der Waals surface area contributed by atoms with E-state index in [1.807, 2.05) is 36.5 Å². The Hall–Kier alpha value is -1.87. The summed E-state index contributed by atoms with van der Waals surface area (Å²) in [5.74, 6) is 0.858. The standard InChI is InChI=1S/C16H17NO2/c18-16-5-1-4-13-9-14(6-7-15(13)16)19-11-12-3-2-8-17-10-12/h2-3,6-10,16,18H,1,4-5,11H2. The van der Waals surface area contributed by atoms with Crippen LogP contribution in [0.2, 0.25) is 0 Å². The Kier molecular flexibility index (Phi) is 3.47. The Morgan fingerprint density at radius 3 is 3.11 bits per heavy atom. The van der Waals surface area contributed by atoms with Crippen LogP contribution in [0, 0.1) is 0 Å². The summed E-state index contributed by atoms with van der Waals surface area (Å²) >= 11 is 0. The minimum absolute atomic E-state index is 0.309. The molecule has 0 radical (unpaired) electrons. The van der Waals surface area contributed by atoms with Gasteiger partial charge in [0.15, 0.2) is 0 Å². The first-order valence-corrected chi connectivity index (χ1v) is 6.65. The number of ether oxygens (including phenoxy) is 1. The third-order valence-electron chi connectivity index (χ3n) is 3.53. The van der Waals surface area contributed by atoms with Gasteiger partial charge < -0.3 is 9.84 Å². The first-order chi connectivity index (χ1) is 9.33. The molecule has 3 heteroatoms. The summed E-state index contributed by atoms with van der Waals surface area (Å²) in [7, 11) is 0. The summed E-state index contributed by atoms with van der Waals surface area (Å²) in [6.45, 7) is 0.523. The Bertz CT molecular complexity index is 554. The van der Waals surface area contributed by atoms with Crippen molar-refractivity contribution in [2.24, 2.45) is 0 Å². The molecule has 0 saturated carbocycles. The van der Waals surface area contributed by atoms with Gasteiger partial charge in [-0.3, -0.25) is 4.98 Å². The van der Waals surface area contributed by atoms with Crippen molar-refractivity contribution in [3.63, 3.8) is 0 Å². The van der Waals surface area contributed by atoms with Crippen LogP contribution < -0.4 is 4.74 Å². The van der Waals surface area contributed by atoms with Gasteiger partial charge in [-0.25, -0.2) is 0 Å². The molecule has 1 atom stereocenters. The van der Waals surface area contributed by atoms with Gasteiger partial charge in [-0.1, -0.05) is 12.1 Å². The van der Waals surface area contributed by atoms with Crippen molar-refractivity contribution in [3.05, 3.63) is 59.4 Å². The van der Waals surface area contributed by atoms with Gasteiger partial charge in [0.25, 0.3) is 0 Å². The largest absolute Gasteiger partial charge is 0.489 e. The molecule has 3 rings (SSSR count).